The summed E-state index contributed by atoms with van der Waals surface area (Å²) >= 11 is 0. The first-order valence-electron chi connectivity index (χ1n) is 6.81. The lowest BCUT2D eigenvalue weighted by atomic mass is 9.96. The number of hydrogen-bond donors (Lipinski definition) is 1. The van der Waals surface area contributed by atoms with Gasteiger partial charge in [0.2, 0.25) is 0 Å². The maximum atomic E-state index is 13.0. The van der Waals surface area contributed by atoms with Crippen molar-refractivity contribution in [2.75, 3.05) is 0 Å². The lowest BCUT2D eigenvalue weighted by Crippen LogP contribution is -2.39. The van der Waals surface area contributed by atoms with Gasteiger partial charge < -0.3 is 9.67 Å². The van der Waals surface area contributed by atoms with Crippen molar-refractivity contribution in [3.05, 3.63) is 48.4 Å². The molecule has 1 aromatic heterocycles. The van der Waals surface area contributed by atoms with Crippen LogP contribution in [0.4, 0.5) is 4.39 Å². The molecular weight excluding hydrogens is 257 g/mol. The highest BCUT2D eigenvalue weighted by Crippen LogP contribution is 2.40. The SMILES string of the molecule is O=C(O)C1(n2cccc2-c2ccc(F)cc2)CCCC1. The fourth-order valence-electron chi connectivity index (χ4n) is 3.13. The maximum Gasteiger partial charge on any atom is 0.329 e. The molecule has 0 amide bonds. The van der Waals surface area contributed by atoms with Crippen LogP contribution in [0.2, 0.25) is 0 Å². The highest BCUT2D eigenvalue weighted by molar-refractivity contribution is 5.79. The van der Waals surface area contributed by atoms with E-state index in [1.54, 1.807) is 12.1 Å². The molecule has 1 heterocycles. The van der Waals surface area contributed by atoms with Crippen molar-refractivity contribution in [3.63, 3.8) is 0 Å². The largest absolute Gasteiger partial charge is 0.479 e. The topological polar surface area (TPSA) is 42.2 Å². The van der Waals surface area contributed by atoms with Crippen LogP contribution < -0.4 is 0 Å². The molecule has 1 saturated carbocycles. The molecule has 20 heavy (non-hydrogen) atoms. The molecule has 0 bridgehead atoms. The summed E-state index contributed by atoms with van der Waals surface area (Å²) in [5, 5.41) is 9.67. The van der Waals surface area contributed by atoms with Crippen molar-refractivity contribution in [2.24, 2.45) is 0 Å². The van der Waals surface area contributed by atoms with Gasteiger partial charge in [-0.3, -0.25) is 0 Å². The minimum Gasteiger partial charge on any atom is -0.479 e. The number of nitrogens with zero attached hydrogens (tertiary/aromatic N) is 1. The third-order valence-electron chi connectivity index (χ3n) is 4.18. The van der Waals surface area contributed by atoms with Gasteiger partial charge in [0, 0.05) is 11.9 Å². The molecule has 1 fully saturated rings. The normalized spacial score (nSPS) is 17.2. The summed E-state index contributed by atoms with van der Waals surface area (Å²) in [4.78, 5) is 11.8. The van der Waals surface area contributed by atoms with E-state index in [-0.39, 0.29) is 5.82 Å². The van der Waals surface area contributed by atoms with E-state index in [0.717, 1.165) is 24.1 Å². The molecule has 104 valence electrons. The number of aliphatic carboxylic acids is 1. The van der Waals surface area contributed by atoms with E-state index in [1.165, 1.54) is 12.1 Å². The Morgan fingerprint density at radius 1 is 1.15 bits per heavy atom. The van der Waals surface area contributed by atoms with Crippen molar-refractivity contribution < 1.29 is 14.3 Å². The lowest BCUT2D eigenvalue weighted by Gasteiger charge is -2.28. The molecule has 0 spiro atoms. The second-order valence-corrected chi connectivity index (χ2v) is 5.31. The molecule has 1 N–H and O–H groups in total. The number of halogens is 1. The fourth-order valence-corrected chi connectivity index (χ4v) is 3.13. The zero-order valence-corrected chi connectivity index (χ0v) is 11.1. The van der Waals surface area contributed by atoms with Crippen molar-refractivity contribution in [1.29, 1.82) is 0 Å². The van der Waals surface area contributed by atoms with Gasteiger partial charge in [-0.25, -0.2) is 9.18 Å². The Kier molecular flexibility index (Phi) is 3.08. The number of carboxylic acid groups (broad SMARTS) is 1. The van der Waals surface area contributed by atoms with E-state index in [1.807, 2.05) is 22.9 Å². The monoisotopic (exact) mass is 273 g/mol. The molecule has 0 aliphatic heterocycles. The van der Waals surface area contributed by atoms with Gasteiger partial charge in [0.1, 0.15) is 11.4 Å². The van der Waals surface area contributed by atoms with Gasteiger partial charge in [-0.15, -0.1) is 0 Å². The first-order valence-corrected chi connectivity index (χ1v) is 6.81. The van der Waals surface area contributed by atoms with Gasteiger partial charge in [-0.2, -0.15) is 0 Å². The summed E-state index contributed by atoms with van der Waals surface area (Å²) in [6.45, 7) is 0. The standard InChI is InChI=1S/C16H16FNO2/c17-13-7-5-12(6-8-13)14-4-3-11-18(14)16(15(19)20)9-1-2-10-16/h3-8,11H,1-2,9-10H2,(H,19,20). The van der Waals surface area contributed by atoms with E-state index >= 15 is 0 Å². The molecule has 4 heteroatoms. The molecule has 1 aromatic carbocycles. The Balaban J connectivity index is 2.10. The fraction of sp³-hybridized carbons (Fsp3) is 0.312. The van der Waals surface area contributed by atoms with Gasteiger partial charge in [0.15, 0.2) is 0 Å². The van der Waals surface area contributed by atoms with Crippen LogP contribution in [0.1, 0.15) is 25.7 Å². The predicted molar refractivity (Wildman–Crippen MR) is 73.9 cm³/mol. The van der Waals surface area contributed by atoms with E-state index in [9.17, 15) is 14.3 Å². The van der Waals surface area contributed by atoms with Gasteiger partial charge >= 0.3 is 5.97 Å². The van der Waals surface area contributed by atoms with Crippen molar-refractivity contribution in [2.45, 2.75) is 31.2 Å². The Morgan fingerprint density at radius 3 is 2.40 bits per heavy atom. The quantitative estimate of drug-likeness (QED) is 0.927. The van der Waals surface area contributed by atoms with Gasteiger partial charge in [0.25, 0.3) is 0 Å². The molecular formula is C16H16FNO2. The van der Waals surface area contributed by atoms with Gasteiger partial charge in [-0.05, 0) is 54.8 Å². The lowest BCUT2D eigenvalue weighted by molar-refractivity contribution is -0.147. The van der Waals surface area contributed by atoms with Crippen LogP contribution >= 0.6 is 0 Å². The molecule has 0 atom stereocenters. The summed E-state index contributed by atoms with van der Waals surface area (Å²) in [6.07, 6.45) is 4.95. The van der Waals surface area contributed by atoms with Crippen LogP contribution in [0.25, 0.3) is 11.3 Å². The van der Waals surface area contributed by atoms with Gasteiger partial charge in [-0.1, -0.05) is 12.8 Å². The summed E-state index contributed by atoms with van der Waals surface area (Å²) in [5.74, 6) is -1.07. The average Bonchev–Trinajstić information content (AvgIpc) is 3.09. The number of rotatable bonds is 3. The summed E-state index contributed by atoms with van der Waals surface area (Å²) in [5.41, 5.74) is 0.811. The van der Waals surface area contributed by atoms with Crippen molar-refractivity contribution >= 4 is 5.97 Å². The summed E-state index contributed by atoms with van der Waals surface area (Å²) in [7, 11) is 0. The third-order valence-corrected chi connectivity index (χ3v) is 4.18. The maximum absolute atomic E-state index is 13.0. The molecule has 2 aromatic rings. The molecule has 0 unspecified atom stereocenters. The Hall–Kier alpha value is -2.10. The Morgan fingerprint density at radius 2 is 1.80 bits per heavy atom. The highest BCUT2D eigenvalue weighted by atomic mass is 19.1. The van der Waals surface area contributed by atoms with Gasteiger partial charge in [0.05, 0.1) is 0 Å². The van der Waals surface area contributed by atoms with Crippen molar-refractivity contribution in [3.8, 4) is 11.3 Å². The van der Waals surface area contributed by atoms with Crippen LogP contribution in [0.5, 0.6) is 0 Å². The number of carboxylic acids is 1. The van der Waals surface area contributed by atoms with Crippen LogP contribution in [0.15, 0.2) is 42.6 Å². The second kappa shape index (κ2) is 4.78. The molecule has 3 rings (SSSR count). The molecule has 1 aliphatic rings. The first kappa shape index (κ1) is 12.9. The van der Waals surface area contributed by atoms with Crippen LogP contribution in [0, 0.1) is 5.82 Å². The number of benzene rings is 1. The zero-order valence-electron chi connectivity index (χ0n) is 11.1. The minimum atomic E-state index is -0.854. The van der Waals surface area contributed by atoms with E-state index < -0.39 is 11.5 Å². The second-order valence-electron chi connectivity index (χ2n) is 5.31. The van der Waals surface area contributed by atoms with Crippen molar-refractivity contribution in [1.82, 2.24) is 4.57 Å². The van der Waals surface area contributed by atoms with Crippen LogP contribution in [-0.2, 0) is 10.3 Å². The summed E-state index contributed by atoms with van der Waals surface area (Å²) in [6, 6.07) is 9.90. The Labute approximate surface area is 116 Å². The molecule has 3 nitrogen and oxygen atoms in total. The number of aromatic nitrogens is 1. The molecule has 0 radical (unpaired) electrons. The van der Waals surface area contributed by atoms with Crippen LogP contribution in [-0.4, -0.2) is 15.6 Å². The minimum absolute atomic E-state index is 0.291. The van der Waals surface area contributed by atoms with E-state index in [2.05, 4.69) is 0 Å². The zero-order chi connectivity index (χ0) is 14.2. The number of hydrogen-bond acceptors (Lipinski definition) is 1. The molecule has 1 aliphatic carbocycles. The predicted octanol–water partition coefficient (Wildman–Crippen LogP) is 3.65. The molecule has 0 saturated heterocycles. The Bertz CT molecular complexity index is 624. The van der Waals surface area contributed by atoms with Crippen LogP contribution in [0.3, 0.4) is 0 Å². The smallest absolute Gasteiger partial charge is 0.329 e. The average molecular weight is 273 g/mol. The number of carbonyl (C=O) groups is 1. The van der Waals surface area contributed by atoms with E-state index in [4.69, 9.17) is 0 Å². The highest BCUT2D eigenvalue weighted by Gasteiger charge is 2.43. The van der Waals surface area contributed by atoms with E-state index in [0.29, 0.717) is 12.8 Å². The first-order chi connectivity index (χ1) is 9.63. The third kappa shape index (κ3) is 1.92. The summed E-state index contributed by atoms with van der Waals surface area (Å²) < 4.78 is 14.9.